The maximum Gasteiger partial charge on any atom is 0.401 e. The molecule has 0 amide bonds. The first-order valence-electron chi connectivity index (χ1n) is 6.45. The summed E-state index contributed by atoms with van der Waals surface area (Å²) >= 11 is 15.6. The lowest BCUT2D eigenvalue weighted by atomic mass is 10.0. The number of likely N-dealkylation sites (tertiary alicyclic amines) is 1. The van der Waals surface area contributed by atoms with E-state index in [1.807, 2.05) is 0 Å². The topological polar surface area (TPSA) is 15.3 Å². The fourth-order valence-corrected chi connectivity index (χ4v) is 3.69. The third kappa shape index (κ3) is 5.20. The molecule has 1 aromatic carbocycles. The lowest BCUT2D eigenvalue weighted by Gasteiger charge is -2.33. The van der Waals surface area contributed by atoms with Crippen molar-refractivity contribution < 1.29 is 13.2 Å². The zero-order valence-corrected chi connectivity index (χ0v) is 14.1. The van der Waals surface area contributed by atoms with Gasteiger partial charge < -0.3 is 5.32 Å². The van der Waals surface area contributed by atoms with Gasteiger partial charge in [0.2, 0.25) is 0 Å². The molecule has 1 aliphatic heterocycles. The molecule has 1 aromatic rings. The minimum absolute atomic E-state index is 0.0747. The molecule has 0 unspecified atom stereocenters. The van der Waals surface area contributed by atoms with E-state index in [2.05, 4.69) is 21.2 Å². The Labute approximate surface area is 139 Å². The molecule has 2 nitrogen and oxygen atoms in total. The van der Waals surface area contributed by atoms with E-state index in [1.54, 1.807) is 12.1 Å². The second kappa shape index (κ2) is 6.94. The zero-order chi connectivity index (χ0) is 15.6. The fraction of sp³-hybridized carbons (Fsp3) is 0.538. The van der Waals surface area contributed by atoms with Crippen molar-refractivity contribution in [2.24, 2.45) is 0 Å². The van der Waals surface area contributed by atoms with Gasteiger partial charge in [-0.25, -0.2) is 0 Å². The summed E-state index contributed by atoms with van der Waals surface area (Å²) in [6.45, 7) is -0.0363. The van der Waals surface area contributed by atoms with E-state index in [0.29, 0.717) is 41.7 Å². The van der Waals surface area contributed by atoms with Gasteiger partial charge in [-0.1, -0.05) is 39.1 Å². The lowest BCUT2D eigenvalue weighted by Crippen LogP contribution is -2.43. The summed E-state index contributed by atoms with van der Waals surface area (Å²) in [7, 11) is 0. The molecule has 1 saturated heterocycles. The van der Waals surface area contributed by atoms with Gasteiger partial charge in [0.25, 0.3) is 0 Å². The molecule has 0 aromatic heterocycles. The number of halogens is 6. The summed E-state index contributed by atoms with van der Waals surface area (Å²) in [5.74, 6) is 0. The van der Waals surface area contributed by atoms with Crippen molar-refractivity contribution in [3.63, 3.8) is 0 Å². The minimum Gasteiger partial charge on any atom is -0.380 e. The second-order valence-electron chi connectivity index (χ2n) is 5.05. The predicted octanol–water partition coefficient (Wildman–Crippen LogP) is 5.19. The molecule has 0 spiro atoms. The SMILES string of the molecule is FC(F)(F)CN1CCC(Nc2c(Cl)cc(Br)cc2Cl)CC1. The van der Waals surface area contributed by atoms with E-state index >= 15 is 0 Å². The van der Waals surface area contributed by atoms with Crippen LogP contribution in [0.5, 0.6) is 0 Å². The van der Waals surface area contributed by atoms with Gasteiger partial charge in [-0.15, -0.1) is 0 Å². The summed E-state index contributed by atoms with van der Waals surface area (Å²) in [5, 5.41) is 4.22. The largest absolute Gasteiger partial charge is 0.401 e. The molecule has 1 heterocycles. The Morgan fingerprint density at radius 3 is 2.19 bits per heavy atom. The summed E-state index contributed by atoms with van der Waals surface area (Å²) in [6, 6.07) is 3.54. The van der Waals surface area contributed by atoms with Crippen LogP contribution in [0.2, 0.25) is 10.0 Å². The lowest BCUT2D eigenvalue weighted by molar-refractivity contribution is -0.147. The molecule has 0 bridgehead atoms. The molecule has 1 fully saturated rings. The van der Waals surface area contributed by atoms with E-state index in [1.165, 1.54) is 4.90 Å². The molecule has 8 heteroatoms. The predicted molar refractivity (Wildman–Crippen MR) is 83.3 cm³/mol. The average Bonchev–Trinajstić information content (AvgIpc) is 2.34. The number of benzene rings is 1. The van der Waals surface area contributed by atoms with Crippen LogP contribution in [0.3, 0.4) is 0 Å². The molecule has 0 atom stereocenters. The quantitative estimate of drug-likeness (QED) is 0.743. The summed E-state index contributed by atoms with van der Waals surface area (Å²) in [6.07, 6.45) is -2.89. The van der Waals surface area contributed by atoms with Gasteiger partial charge in [0.1, 0.15) is 0 Å². The molecular formula is C13H14BrCl2F3N2. The molecule has 2 rings (SSSR count). The van der Waals surface area contributed by atoms with Crippen LogP contribution in [-0.2, 0) is 0 Å². The summed E-state index contributed by atoms with van der Waals surface area (Å²) < 4.78 is 37.8. The highest BCUT2D eigenvalue weighted by atomic mass is 79.9. The average molecular weight is 406 g/mol. The van der Waals surface area contributed by atoms with Gasteiger partial charge in [-0.3, -0.25) is 4.90 Å². The maximum atomic E-state index is 12.3. The van der Waals surface area contributed by atoms with Crippen molar-refractivity contribution >= 4 is 44.8 Å². The van der Waals surface area contributed by atoms with Crippen LogP contribution in [0.1, 0.15) is 12.8 Å². The normalized spacial score (nSPS) is 18.0. The fourth-order valence-electron chi connectivity index (χ4n) is 2.37. The van der Waals surface area contributed by atoms with E-state index < -0.39 is 12.7 Å². The van der Waals surface area contributed by atoms with Crippen LogP contribution in [-0.4, -0.2) is 36.8 Å². The summed E-state index contributed by atoms with van der Waals surface area (Å²) in [5.41, 5.74) is 0.635. The molecule has 1 aliphatic rings. The first-order valence-corrected chi connectivity index (χ1v) is 7.99. The van der Waals surface area contributed by atoms with Crippen LogP contribution >= 0.6 is 39.1 Å². The molecule has 0 saturated carbocycles. The Hall–Kier alpha value is -0.170. The van der Waals surface area contributed by atoms with Crippen LogP contribution in [0.4, 0.5) is 18.9 Å². The smallest absolute Gasteiger partial charge is 0.380 e. The standard InChI is InChI=1S/C13H14BrCl2F3N2/c14-8-5-10(15)12(11(16)6-8)20-9-1-3-21(4-2-9)7-13(17,18)19/h5-6,9,20H,1-4,7H2. The number of hydrogen-bond acceptors (Lipinski definition) is 2. The van der Waals surface area contributed by atoms with Crippen molar-refractivity contribution in [2.75, 3.05) is 25.0 Å². The van der Waals surface area contributed by atoms with Crippen LogP contribution in [0.25, 0.3) is 0 Å². The van der Waals surface area contributed by atoms with E-state index in [0.717, 1.165) is 4.47 Å². The number of nitrogens with zero attached hydrogens (tertiary/aromatic N) is 1. The monoisotopic (exact) mass is 404 g/mol. The molecule has 21 heavy (non-hydrogen) atoms. The van der Waals surface area contributed by atoms with Gasteiger partial charge in [-0.05, 0) is 25.0 Å². The number of alkyl halides is 3. The number of anilines is 1. The molecule has 0 aliphatic carbocycles. The first-order chi connectivity index (χ1) is 9.74. The third-order valence-electron chi connectivity index (χ3n) is 3.35. The Kier molecular flexibility index (Phi) is 5.68. The maximum absolute atomic E-state index is 12.3. The van der Waals surface area contributed by atoms with Crippen molar-refractivity contribution in [3.8, 4) is 0 Å². The van der Waals surface area contributed by atoms with E-state index in [4.69, 9.17) is 23.2 Å². The Bertz CT molecular complexity index is 480. The van der Waals surface area contributed by atoms with E-state index in [9.17, 15) is 13.2 Å². The number of nitrogens with one attached hydrogen (secondary N) is 1. The van der Waals surface area contributed by atoms with Crippen molar-refractivity contribution in [3.05, 3.63) is 26.7 Å². The van der Waals surface area contributed by atoms with Crippen LogP contribution in [0.15, 0.2) is 16.6 Å². The molecular weight excluding hydrogens is 392 g/mol. The van der Waals surface area contributed by atoms with Crippen molar-refractivity contribution in [1.82, 2.24) is 4.90 Å². The highest BCUT2D eigenvalue weighted by Crippen LogP contribution is 2.35. The Balaban J connectivity index is 1.92. The molecule has 118 valence electrons. The Morgan fingerprint density at radius 2 is 1.71 bits per heavy atom. The van der Waals surface area contributed by atoms with Gasteiger partial charge >= 0.3 is 6.18 Å². The third-order valence-corrected chi connectivity index (χ3v) is 4.40. The van der Waals surface area contributed by atoms with Crippen molar-refractivity contribution in [1.29, 1.82) is 0 Å². The second-order valence-corrected chi connectivity index (χ2v) is 6.78. The van der Waals surface area contributed by atoms with Crippen molar-refractivity contribution in [2.45, 2.75) is 25.1 Å². The number of rotatable bonds is 3. The number of piperidine rings is 1. The molecule has 0 radical (unpaired) electrons. The van der Waals surface area contributed by atoms with Crippen LogP contribution < -0.4 is 5.32 Å². The van der Waals surface area contributed by atoms with Gasteiger partial charge in [0.05, 0.1) is 22.3 Å². The van der Waals surface area contributed by atoms with E-state index in [-0.39, 0.29) is 6.04 Å². The zero-order valence-electron chi connectivity index (χ0n) is 11.0. The number of hydrogen-bond donors (Lipinski definition) is 1. The van der Waals surface area contributed by atoms with Gasteiger partial charge in [0.15, 0.2) is 0 Å². The highest BCUT2D eigenvalue weighted by Gasteiger charge is 2.32. The summed E-state index contributed by atoms with van der Waals surface area (Å²) in [4.78, 5) is 1.42. The Morgan fingerprint density at radius 1 is 1.19 bits per heavy atom. The van der Waals surface area contributed by atoms with Gasteiger partial charge in [0, 0.05) is 23.6 Å². The molecule has 1 N–H and O–H groups in total. The van der Waals surface area contributed by atoms with Gasteiger partial charge in [-0.2, -0.15) is 13.2 Å². The first kappa shape index (κ1) is 17.2. The van der Waals surface area contributed by atoms with Crippen LogP contribution in [0, 0.1) is 0 Å². The minimum atomic E-state index is -4.14. The highest BCUT2D eigenvalue weighted by molar-refractivity contribution is 9.10.